The number of unbranched alkanes of at least 4 members (excludes halogenated alkanes) is 5. The normalized spacial score (nSPS) is 14.5. The summed E-state index contributed by atoms with van der Waals surface area (Å²) in [6.45, 7) is 4.01. The maximum absolute atomic E-state index is 12.6. The van der Waals surface area contributed by atoms with Crippen LogP contribution >= 0.6 is 7.82 Å². The number of rotatable bonds is 37. The summed E-state index contributed by atoms with van der Waals surface area (Å²) >= 11 is 0. The van der Waals surface area contributed by atoms with Crippen LogP contribution in [0.1, 0.15) is 129 Å². The molecule has 2 atom stereocenters. The molecule has 0 fully saturated rings. The molecule has 9 nitrogen and oxygen atoms in total. The van der Waals surface area contributed by atoms with Crippen LogP contribution in [0.4, 0.5) is 0 Å². The van der Waals surface area contributed by atoms with E-state index in [-0.39, 0.29) is 26.1 Å². The van der Waals surface area contributed by atoms with E-state index in [9.17, 15) is 19.0 Å². The molecule has 1 N–H and O–H groups in total. The fraction of sp³-hybridized carbons (Fsp3) is 0.574. The molecule has 0 heterocycles. The Morgan fingerprint density at radius 3 is 1.49 bits per heavy atom. The van der Waals surface area contributed by atoms with Crippen LogP contribution in [-0.2, 0) is 32.7 Å². The number of phosphoric acid groups is 1. The predicted octanol–water partition coefficient (Wildman–Crippen LogP) is 12.2. The number of ether oxygens (including phenoxy) is 2. The van der Waals surface area contributed by atoms with Crippen LogP contribution in [0.15, 0.2) is 109 Å². The highest BCUT2D eigenvalue weighted by Gasteiger charge is 2.26. The largest absolute Gasteiger partial charge is 0.472 e. The molecule has 0 spiro atoms. The highest BCUT2D eigenvalue weighted by atomic mass is 31.2. The molecule has 0 saturated carbocycles. The number of nitrogens with zero attached hydrogens (tertiary/aromatic N) is 1. The van der Waals surface area contributed by atoms with E-state index in [1.165, 1.54) is 25.7 Å². The fourth-order valence-electron chi connectivity index (χ4n) is 4.83. The maximum Gasteiger partial charge on any atom is 0.472 e. The van der Waals surface area contributed by atoms with Gasteiger partial charge in [-0.25, -0.2) is 4.57 Å². The fourth-order valence-corrected chi connectivity index (χ4v) is 5.58. The Bertz CT molecular complexity index is 1310. The van der Waals surface area contributed by atoms with E-state index in [1.54, 1.807) is 4.90 Å². The number of allylic oxidation sites excluding steroid dienone is 18. The zero-order valence-electron chi connectivity index (χ0n) is 35.7. The van der Waals surface area contributed by atoms with Crippen molar-refractivity contribution in [3.8, 4) is 0 Å². The molecule has 0 aromatic rings. The van der Waals surface area contributed by atoms with Gasteiger partial charge in [0.15, 0.2) is 6.10 Å². The number of hydrogen-bond acceptors (Lipinski definition) is 8. The average Bonchev–Trinajstić information content (AvgIpc) is 3.18. The highest BCUT2D eigenvalue weighted by Crippen LogP contribution is 2.43. The third-order valence-corrected chi connectivity index (χ3v) is 9.06. The standard InChI is InChI=1S/C47H76NO8P/c1-5-7-9-11-13-15-17-19-21-22-23-24-26-27-29-31-33-35-37-39-46(49)53-43-45(44-55-57(51,52)54-42-41-48(3)4)56-47(50)40-38-36-34-32-30-28-25-20-18-16-14-12-10-8-6-2/h8,10,13-16,19-21,23-25,27,29-30,32-33,35,45H,5-7,9,11-12,17-18,22,26,28,31,34,36-44H2,1-4H3,(H,51,52)/b10-8-,15-13-,16-14-,21-19-,24-23-,25-20-,29-27-,32-30-,35-33-. The van der Waals surface area contributed by atoms with Gasteiger partial charge >= 0.3 is 19.8 Å². The smallest absolute Gasteiger partial charge is 0.462 e. The first-order valence-electron chi connectivity index (χ1n) is 21.2. The number of hydrogen-bond donors (Lipinski definition) is 1. The Morgan fingerprint density at radius 1 is 0.561 bits per heavy atom. The summed E-state index contributed by atoms with van der Waals surface area (Å²) in [4.78, 5) is 36.9. The molecule has 2 unspecified atom stereocenters. The van der Waals surface area contributed by atoms with Crippen LogP contribution in [0.5, 0.6) is 0 Å². The molecule has 0 rings (SSSR count). The van der Waals surface area contributed by atoms with Crippen molar-refractivity contribution in [1.29, 1.82) is 0 Å². The predicted molar refractivity (Wildman–Crippen MR) is 238 cm³/mol. The molecule has 322 valence electrons. The Labute approximate surface area is 346 Å². The van der Waals surface area contributed by atoms with Gasteiger partial charge in [0, 0.05) is 19.4 Å². The second kappa shape index (κ2) is 40.9. The van der Waals surface area contributed by atoms with Gasteiger partial charge in [-0.1, -0.05) is 136 Å². The molecular weight excluding hydrogens is 737 g/mol. The quantitative estimate of drug-likeness (QED) is 0.0283. The summed E-state index contributed by atoms with van der Waals surface area (Å²) in [6.07, 6.45) is 53.0. The van der Waals surface area contributed by atoms with Gasteiger partial charge in [0.1, 0.15) is 6.61 Å². The third kappa shape index (κ3) is 42.1. The van der Waals surface area contributed by atoms with Crippen LogP contribution in [0.3, 0.4) is 0 Å². The van der Waals surface area contributed by atoms with Gasteiger partial charge in [-0.05, 0) is 104 Å². The Hall–Kier alpha value is -3.33. The lowest BCUT2D eigenvalue weighted by atomic mass is 10.2. The summed E-state index contributed by atoms with van der Waals surface area (Å²) in [5.41, 5.74) is 0. The summed E-state index contributed by atoms with van der Waals surface area (Å²) in [7, 11) is -0.781. The minimum Gasteiger partial charge on any atom is -0.462 e. The summed E-state index contributed by atoms with van der Waals surface area (Å²) < 4.78 is 33.3. The molecule has 0 aromatic heterocycles. The van der Waals surface area contributed by atoms with Crippen molar-refractivity contribution in [2.24, 2.45) is 0 Å². The zero-order valence-corrected chi connectivity index (χ0v) is 36.6. The SMILES string of the molecule is CC/C=C\C/C=C\C/C=C\C/C=C\CCCCC(=O)OC(COC(=O)CC/C=C\C/C=C\C/C=C\C/C=C\C/C=C\CCCCC)COP(=O)(O)OCCN(C)C. The number of likely N-dealkylation sites (N-methyl/N-ethyl adjacent to an activating group) is 1. The minimum atomic E-state index is -4.40. The van der Waals surface area contributed by atoms with Crippen molar-refractivity contribution in [1.82, 2.24) is 4.90 Å². The van der Waals surface area contributed by atoms with E-state index >= 15 is 0 Å². The number of phosphoric ester groups is 1. The molecule has 0 aromatic carbocycles. The average molecular weight is 814 g/mol. The molecule has 0 aliphatic rings. The molecule has 0 aliphatic carbocycles. The van der Waals surface area contributed by atoms with Gasteiger partial charge < -0.3 is 19.3 Å². The van der Waals surface area contributed by atoms with Crippen LogP contribution in [0, 0.1) is 0 Å². The maximum atomic E-state index is 12.6. The van der Waals surface area contributed by atoms with E-state index in [0.29, 0.717) is 19.4 Å². The van der Waals surface area contributed by atoms with Gasteiger partial charge in [0.2, 0.25) is 0 Å². The van der Waals surface area contributed by atoms with Gasteiger partial charge in [-0.2, -0.15) is 0 Å². The van der Waals surface area contributed by atoms with E-state index in [4.69, 9.17) is 18.5 Å². The number of carbonyl (C=O) groups excluding carboxylic acids is 2. The van der Waals surface area contributed by atoms with Gasteiger partial charge in [-0.3, -0.25) is 18.6 Å². The second-order valence-electron chi connectivity index (χ2n) is 13.8. The lowest BCUT2D eigenvalue weighted by Gasteiger charge is -2.20. The van der Waals surface area contributed by atoms with Crippen molar-refractivity contribution in [3.63, 3.8) is 0 Å². The zero-order chi connectivity index (χ0) is 41.9. The van der Waals surface area contributed by atoms with Gasteiger partial charge in [-0.15, -0.1) is 0 Å². The van der Waals surface area contributed by atoms with Crippen molar-refractivity contribution in [2.45, 2.75) is 136 Å². The van der Waals surface area contributed by atoms with Crippen LogP contribution in [-0.4, -0.2) is 68.3 Å². The van der Waals surface area contributed by atoms with Crippen LogP contribution < -0.4 is 0 Å². The third-order valence-electron chi connectivity index (χ3n) is 8.08. The lowest BCUT2D eigenvalue weighted by Crippen LogP contribution is -2.29. The van der Waals surface area contributed by atoms with Crippen molar-refractivity contribution in [3.05, 3.63) is 109 Å². The van der Waals surface area contributed by atoms with E-state index < -0.39 is 32.5 Å². The molecule has 0 saturated heterocycles. The number of esters is 2. The highest BCUT2D eigenvalue weighted by molar-refractivity contribution is 7.47. The minimum absolute atomic E-state index is 0.0184. The summed E-state index contributed by atoms with van der Waals surface area (Å²) in [5, 5.41) is 0. The Morgan fingerprint density at radius 2 is 1.02 bits per heavy atom. The topological polar surface area (TPSA) is 112 Å². The van der Waals surface area contributed by atoms with E-state index in [2.05, 4.69) is 111 Å². The van der Waals surface area contributed by atoms with Gasteiger partial charge in [0.05, 0.1) is 13.2 Å². The lowest BCUT2D eigenvalue weighted by molar-refractivity contribution is -0.161. The monoisotopic (exact) mass is 814 g/mol. The Balaban J connectivity index is 4.52. The molecular formula is C47H76NO8P. The Kier molecular flexibility index (Phi) is 38.5. The van der Waals surface area contributed by atoms with Crippen molar-refractivity contribution < 1.29 is 37.6 Å². The van der Waals surface area contributed by atoms with E-state index in [0.717, 1.165) is 64.2 Å². The first-order chi connectivity index (χ1) is 27.7. The van der Waals surface area contributed by atoms with Crippen LogP contribution in [0.2, 0.25) is 0 Å². The van der Waals surface area contributed by atoms with E-state index in [1.807, 2.05) is 26.2 Å². The summed E-state index contributed by atoms with van der Waals surface area (Å²) in [6, 6.07) is 0. The van der Waals surface area contributed by atoms with Gasteiger partial charge in [0.25, 0.3) is 0 Å². The molecule has 0 radical (unpaired) electrons. The van der Waals surface area contributed by atoms with Crippen molar-refractivity contribution in [2.75, 3.05) is 40.5 Å². The molecule has 0 amide bonds. The first-order valence-corrected chi connectivity index (χ1v) is 22.7. The molecule has 10 heteroatoms. The number of carbonyl (C=O) groups is 2. The second-order valence-corrected chi connectivity index (χ2v) is 15.2. The summed E-state index contributed by atoms with van der Waals surface area (Å²) in [5.74, 6) is -0.961. The molecule has 57 heavy (non-hydrogen) atoms. The van der Waals surface area contributed by atoms with Crippen molar-refractivity contribution >= 4 is 19.8 Å². The van der Waals surface area contributed by atoms with Crippen LogP contribution in [0.25, 0.3) is 0 Å². The molecule has 0 bridgehead atoms. The molecule has 0 aliphatic heterocycles. The first kappa shape index (κ1) is 53.7.